The summed E-state index contributed by atoms with van der Waals surface area (Å²) in [6, 6.07) is 5.23. The fourth-order valence-corrected chi connectivity index (χ4v) is 2.06. The van der Waals surface area contributed by atoms with Gasteiger partial charge in [-0.3, -0.25) is 9.59 Å². The molecule has 0 aliphatic carbocycles. The number of carboxylic acid groups (broad SMARTS) is 1. The number of anilines is 1. The number of rotatable bonds is 10. The van der Waals surface area contributed by atoms with E-state index in [4.69, 9.17) is 5.11 Å². The normalized spacial score (nSPS) is 11.9. The first-order valence-corrected chi connectivity index (χ1v) is 7.58. The number of benzene rings is 1. The van der Waals surface area contributed by atoms with Gasteiger partial charge in [-0.15, -0.1) is 0 Å². The van der Waals surface area contributed by atoms with E-state index in [1.807, 2.05) is 0 Å². The lowest BCUT2D eigenvalue weighted by atomic mass is 10.1. The van der Waals surface area contributed by atoms with E-state index >= 15 is 0 Å². The lowest BCUT2D eigenvalue weighted by Gasteiger charge is -2.14. The van der Waals surface area contributed by atoms with Crippen LogP contribution in [0.5, 0.6) is 5.75 Å². The van der Waals surface area contributed by atoms with E-state index < -0.39 is 17.9 Å². The fraction of sp³-hybridized carbons (Fsp3) is 0.500. The molecule has 0 radical (unpaired) electrons. The van der Waals surface area contributed by atoms with E-state index in [-0.39, 0.29) is 12.2 Å². The molecule has 0 spiro atoms. The maximum Gasteiger partial charge on any atom is 0.321 e. The van der Waals surface area contributed by atoms with Crippen molar-refractivity contribution in [2.24, 2.45) is 0 Å². The molecule has 6 nitrogen and oxygen atoms in total. The number of carboxylic acids is 1. The quantitative estimate of drug-likeness (QED) is 0.497. The number of aromatic hydroxyl groups is 1. The van der Waals surface area contributed by atoms with Crippen molar-refractivity contribution in [1.29, 1.82) is 0 Å². The average Bonchev–Trinajstić information content (AvgIpc) is 2.45. The molecule has 0 saturated heterocycles. The molecule has 1 unspecified atom stereocenters. The Morgan fingerprint density at radius 1 is 1.23 bits per heavy atom. The van der Waals surface area contributed by atoms with Crippen LogP contribution in [0.15, 0.2) is 24.3 Å². The van der Waals surface area contributed by atoms with Crippen molar-refractivity contribution in [1.82, 2.24) is 5.32 Å². The number of hydrogen-bond acceptors (Lipinski definition) is 4. The Bertz CT molecular complexity index is 491. The molecule has 0 heterocycles. The second-order valence-electron chi connectivity index (χ2n) is 5.21. The SMILES string of the molecule is CCCCCCNC(CC(=O)Nc1cccc(O)c1)C(=O)O. The first-order valence-electron chi connectivity index (χ1n) is 7.58. The minimum absolute atomic E-state index is 0.0432. The Labute approximate surface area is 130 Å². The molecule has 0 saturated carbocycles. The molecule has 0 aromatic heterocycles. The molecule has 1 aromatic carbocycles. The molecule has 1 amide bonds. The zero-order valence-electron chi connectivity index (χ0n) is 12.8. The summed E-state index contributed by atoms with van der Waals surface area (Å²) in [5, 5.41) is 24.0. The van der Waals surface area contributed by atoms with Crippen LogP contribution in [-0.4, -0.2) is 34.7 Å². The zero-order valence-corrected chi connectivity index (χ0v) is 12.8. The number of hydrogen-bond donors (Lipinski definition) is 4. The van der Waals surface area contributed by atoms with E-state index in [1.165, 1.54) is 12.1 Å². The summed E-state index contributed by atoms with van der Waals surface area (Å²) in [6.07, 6.45) is 4.03. The van der Waals surface area contributed by atoms with Crippen LogP contribution < -0.4 is 10.6 Å². The monoisotopic (exact) mass is 308 g/mol. The van der Waals surface area contributed by atoms with Crippen LogP contribution in [-0.2, 0) is 9.59 Å². The van der Waals surface area contributed by atoms with Gasteiger partial charge in [-0.25, -0.2) is 0 Å². The Hall–Kier alpha value is -2.08. The number of nitrogens with one attached hydrogen (secondary N) is 2. The van der Waals surface area contributed by atoms with Crippen LogP contribution in [0, 0.1) is 0 Å². The van der Waals surface area contributed by atoms with Crippen molar-refractivity contribution >= 4 is 17.6 Å². The molecule has 4 N–H and O–H groups in total. The Balaban J connectivity index is 2.41. The number of unbranched alkanes of at least 4 members (excludes halogenated alkanes) is 3. The maximum absolute atomic E-state index is 11.9. The van der Waals surface area contributed by atoms with Gasteiger partial charge in [0.25, 0.3) is 0 Å². The third-order valence-electron chi connectivity index (χ3n) is 3.24. The number of phenols is 1. The van der Waals surface area contributed by atoms with E-state index in [9.17, 15) is 14.7 Å². The van der Waals surface area contributed by atoms with Gasteiger partial charge in [0.15, 0.2) is 0 Å². The average molecular weight is 308 g/mol. The molecule has 0 aliphatic heterocycles. The first-order chi connectivity index (χ1) is 10.5. The lowest BCUT2D eigenvalue weighted by Crippen LogP contribution is -2.40. The molecular formula is C16H24N2O4. The number of aliphatic carboxylic acids is 1. The Morgan fingerprint density at radius 2 is 2.00 bits per heavy atom. The van der Waals surface area contributed by atoms with Gasteiger partial charge in [-0.05, 0) is 25.1 Å². The molecule has 1 rings (SSSR count). The molecule has 1 atom stereocenters. The van der Waals surface area contributed by atoms with Crippen molar-refractivity contribution in [2.45, 2.75) is 45.1 Å². The molecular weight excluding hydrogens is 284 g/mol. The fourth-order valence-electron chi connectivity index (χ4n) is 2.06. The van der Waals surface area contributed by atoms with Crippen molar-refractivity contribution in [3.63, 3.8) is 0 Å². The van der Waals surface area contributed by atoms with Gasteiger partial charge in [0.05, 0.1) is 6.42 Å². The molecule has 122 valence electrons. The highest BCUT2D eigenvalue weighted by Crippen LogP contribution is 2.15. The highest BCUT2D eigenvalue weighted by Gasteiger charge is 2.20. The predicted octanol–water partition coefficient (Wildman–Crippen LogP) is 2.34. The third-order valence-corrected chi connectivity index (χ3v) is 3.24. The van der Waals surface area contributed by atoms with Gasteiger partial charge >= 0.3 is 5.97 Å². The predicted molar refractivity (Wildman–Crippen MR) is 84.9 cm³/mol. The van der Waals surface area contributed by atoms with Crippen LogP contribution in [0.2, 0.25) is 0 Å². The summed E-state index contributed by atoms with van der Waals surface area (Å²) in [5.41, 5.74) is 0.442. The molecule has 0 fully saturated rings. The number of phenolic OH excluding ortho intramolecular Hbond substituents is 1. The second kappa shape index (κ2) is 9.78. The van der Waals surface area contributed by atoms with Crippen molar-refractivity contribution in [3.8, 4) is 5.75 Å². The van der Waals surface area contributed by atoms with Crippen molar-refractivity contribution in [3.05, 3.63) is 24.3 Å². The Morgan fingerprint density at radius 3 is 2.64 bits per heavy atom. The van der Waals surface area contributed by atoms with Gasteiger partial charge < -0.3 is 20.8 Å². The van der Waals surface area contributed by atoms with E-state index in [1.54, 1.807) is 12.1 Å². The maximum atomic E-state index is 11.9. The topological polar surface area (TPSA) is 98.7 Å². The Kier molecular flexibility index (Phi) is 7.99. The first kappa shape index (κ1) is 18.0. The van der Waals surface area contributed by atoms with Crippen molar-refractivity contribution < 1.29 is 19.8 Å². The molecule has 1 aromatic rings. The summed E-state index contributed by atoms with van der Waals surface area (Å²) in [6.45, 7) is 2.69. The molecule has 22 heavy (non-hydrogen) atoms. The van der Waals surface area contributed by atoms with Crippen LogP contribution in [0.25, 0.3) is 0 Å². The van der Waals surface area contributed by atoms with Crippen molar-refractivity contribution in [2.75, 3.05) is 11.9 Å². The molecule has 6 heteroatoms. The van der Waals surface area contributed by atoms with Crippen LogP contribution in [0.1, 0.15) is 39.0 Å². The van der Waals surface area contributed by atoms with E-state index in [2.05, 4.69) is 17.6 Å². The molecule has 0 aliphatic rings. The van der Waals surface area contributed by atoms with E-state index in [0.29, 0.717) is 12.2 Å². The van der Waals surface area contributed by atoms with Gasteiger partial charge in [-0.1, -0.05) is 32.3 Å². The van der Waals surface area contributed by atoms with E-state index in [0.717, 1.165) is 25.7 Å². The van der Waals surface area contributed by atoms with Gasteiger partial charge in [0, 0.05) is 11.8 Å². The molecule has 0 bridgehead atoms. The standard InChI is InChI=1S/C16H24N2O4/c1-2-3-4-5-9-17-14(16(21)22)11-15(20)18-12-7-6-8-13(19)10-12/h6-8,10,14,17,19H,2-5,9,11H2,1H3,(H,18,20)(H,21,22). The minimum atomic E-state index is -1.04. The van der Waals surface area contributed by atoms with Crippen LogP contribution >= 0.6 is 0 Å². The lowest BCUT2D eigenvalue weighted by molar-refractivity contribution is -0.141. The smallest absolute Gasteiger partial charge is 0.321 e. The highest BCUT2D eigenvalue weighted by molar-refractivity contribution is 5.94. The highest BCUT2D eigenvalue weighted by atomic mass is 16.4. The summed E-state index contributed by atoms with van der Waals surface area (Å²) in [7, 11) is 0. The third kappa shape index (κ3) is 7.08. The largest absolute Gasteiger partial charge is 0.508 e. The summed E-state index contributed by atoms with van der Waals surface area (Å²) >= 11 is 0. The summed E-state index contributed by atoms with van der Waals surface area (Å²) < 4.78 is 0. The zero-order chi connectivity index (χ0) is 16.4. The van der Waals surface area contributed by atoms with Crippen LogP contribution in [0.4, 0.5) is 5.69 Å². The van der Waals surface area contributed by atoms with Gasteiger partial charge in [-0.2, -0.15) is 0 Å². The summed E-state index contributed by atoms with van der Waals surface area (Å²) in [5.74, 6) is -1.40. The van der Waals surface area contributed by atoms with Gasteiger partial charge in [0.2, 0.25) is 5.91 Å². The van der Waals surface area contributed by atoms with Crippen LogP contribution in [0.3, 0.4) is 0 Å². The number of carbonyl (C=O) groups is 2. The number of carbonyl (C=O) groups excluding carboxylic acids is 1. The number of amides is 1. The van der Waals surface area contributed by atoms with Gasteiger partial charge in [0.1, 0.15) is 11.8 Å². The second-order valence-corrected chi connectivity index (χ2v) is 5.21. The minimum Gasteiger partial charge on any atom is -0.508 e. The summed E-state index contributed by atoms with van der Waals surface area (Å²) in [4.78, 5) is 23.1.